The van der Waals surface area contributed by atoms with Gasteiger partial charge in [0.1, 0.15) is 5.82 Å². The van der Waals surface area contributed by atoms with E-state index in [4.69, 9.17) is 0 Å². The van der Waals surface area contributed by atoms with E-state index >= 15 is 0 Å². The number of rotatable bonds is 2. The molecule has 0 unspecified atom stereocenters. The predicted octanol–water partition coefficient (Wildman–Crippen LogP) is 2.40. The predicted molar refractivity (Wildman–Crippen MR) is 52.7 cm³/mol. The first kappa shape index (κ1) is 8.78. The summed E-state index contributed by atoms with van der Waals surface area (Å²) in [6.07, 6.45) is 5.82. The fourth-order valence-electron chi connectivity index (χ4n) is 1.16. The molecule has 2 nitrogen and oxygen atoms in total. The van der Waals surface area contributed by atoms with Crippen molar-refractivity contribution in [2.45, 2.75) is 13.8 Å². The lowest BCUT2D eigenvalue weighted by molar-refractivity contribution is 0.849. The molecule has 0 aliphatic rings. The molecule has 0 aromatic carbocycles. The molecule has 0 bridgehead atoms. The van der Waals surface area contributed by atoms with E-state index in [9.17, 15) is 0 Å². The molecule has 1 heterocycles. The van der Waals surface area contributed by atoms with Crippen LogP contribution < -0.4 is 0 Å². The SMILES string of the molecule is C=Cc1nc(C)n(C)c1/C=C\C. The number of aryl methyl sites for hydroxylation is 1. The van der Waals surface area contributed by atoms with Crippen LogP contribution in [0.4, 0.5) is 0 Å². The maximum Gasteiger partial charge on any atom is 0.106 e. The highest BCUT2D eigenvalue weighted by molar-refractivity contribution is 5.59. The minimum absolute atomic E-state index is 0.952. The normalized spacial score (nSPS) is 10.9. The summed E-state index contributed by atoms with van der Waals surface area (Å²) in [6, 6.07) is 0. The van der Waals surface area contributed by atoms with E-state index in [-0.39, 0.29) is 0 Å². The maximum absolute atomic E-state index is 4.34. The zero-order valence-corrected chi connectivity index (χ0v) is 7.83. The average molecular weight is 162 g/mol. The summed E-state index contributed by atoms with van der Waals surface area (Å²) < 4.78 is 2.05. The highest BCUT2D eigenvalue weighted by Gasteiger charge is 2.04. The molecule has 0 spiro atoms. The van der Waals surface area contributed by atoms with E-state index in [0.29, 0.717) is 0 Å². The largest absolute Gasteiger partial charge is 0.331 e. The Balaban J connectivity index is 3.30. The smallest absolute Gasteiger partial charge is 0.106 e. The zero-order chi connectivity index (χ0) is 9.14. The van der Waals surface area contributed by atoms with Gasteiger partial charge in [0.05, 0.1) is 11.4 Å². The second-order valence-electron chi connectivity index (χ2n) is 2.69. The van der Waals surface area contributed by atoms with E-state index < -0.39 is 0 Å². The van der Waals surface area contributed by atoms with Crippen LogP contribution in [0.3, 0.4) is 0 Å². The van der Waals surface area contributed by atoms with Crippen molar-refractivity contribution in [2.75, 3.05) is 0 Å². The van der Waals surface area contributed by atoms with Gasteiger partial charge in [0.15, 0.2) is 0 Å². The van der Waals surface area contributed by atoms with E-state index in [0.717, 1.165) is 17.2 Å². The first-order chi connectivity index (χ1) is 5.70. The first-order valence-corrected chi connectivity index (χ1v) is 3.99. The molecule has 0 amide bonds. The van der Waals surface area contributed by atoms with Crippen molar-refractivity contribution < 1.29 is 0 Å². The summed E-state index contributed by atoms with van der Waals surface area (Å²) in [5.41, 5.74) is 2.07. The summed E-state index contributed by atoms with van der Waals surface area (Å²) in [5, 5.41) is 0. The van der Waals surface area contributed by atoms with Gasteiger partial charge >= 0.3 is 0 Å². The molecule has 0 saturated heterocycles. The molecule has 0 radical (unpaired) electrons. The summed E-state index contributed by atoms with van der Waals surface area (Å²) >= 11 is 0. The number of aromatic nitrogens is 2. The van der Waals surface area contributed by atoms with Crippen LogP contribution >= 0.6 is 0 Å². The summed E-state index contributed by atoms with van der Waals surface area (Å²) in [4.78, 5) is 4.34. The zero-order valence-electron chi connectivity index (χ0n) is 7.83. The molecule has 0 N–H and O–H groups in total. The quantitative estimate of drug-likeness (QED) is 0.653. The van der Waals surface area contributed by atoms with Gasteiger partial charge in [-0.25, -0.2) is 4.98 Å². The van der Waals surface area contributed by atoms with Gasteiger partial charge in [-0.15, -0.1) is 0 Å². The van der Waals surface area contributed by atoms with Crippen LogP contribution in [-0.2, 0) is 7.05 Å². The lowest BCUT2D eigenvalue weighted by atomic mass is 10.3. The second kappa shape index (κ2) is 3.39. The van der Waals surface area contributed by atoms with Crippen molar-refractivity contribution in [2.24, 2.45) is 7.05 Å². The lowest BCUT2D eigenvalue weighted by Gasteiger charge is -1.97. The molecule has 0 aliphatic carbocycles. The van der Waals surface area contributed by atoms with Gasteiger partial charge in [-0.1, -0.05) is 12.7 Å². The van der Waals surface area contributed by atoms with Gasteiger partial charge in [0.25, 0.3) is 0 Å². The Morgan fingerprint density at radius 2 is 2.17 bits per heavy atom. The third-order valence-corrected chi connectivity index (χ3v) is 1.91. The van der Waals surface area contributed by atoms with Crippen LogP contribution in [0.15, 0.2) is 12.7 Å². The molecular weight excluding hydrogens is 148 g/mol. The van der Waals surface area contributed by atoms with Gasteiger partial charge in [-0.05, 0) is 26.0 Å². The summed E-state index contributed by atoms with van der Waals surface area (Å²) in [7, 11) is 2.00. The number of hydrogen-bond donors (Lipinski definition) is 0. The Morgan fingerprint density at radius 3 is 2.67 bits per heavy atom. The fourth-order valence-corrected chi connectivity index (χ4v) is 1.16. The Hall–Kier alpha value is -1.31. The van der Waals surface area contributed by atoms with Crippen molar-refractivity contribution in [3.8, 4) is 0 Å². The fraction of sp³-hybridized carbons (Fsp3) is 0.300. The van der Waals surface area contributed by atoms with E-state index in [1.807, 2.05) is 33.0 Å². The minimum atomic E-state index is 0.952. The van der Waals surface area contributed by atoms with Crippen LogP contribution in [0.2, 0.25) is 0 Å². The van der Waals surface area contributed by atoms with Gasteiger partial charge in [-0.2, -0.15) is 0 Å². The molecule has 1 rings (SSSR count). The Bertz CT molecular complexity index is 319. The van der Waals surface area contributed by atoms with Crippen LogP contribution in [0.1, 0.15) is 24.1 Å². The van der Waals surface area contributed by atoms with Crippen LogP contribution in [0.5, 0.6) is 0 Å². The molecule has 0 saturated carbocycles. The van der Waals surface area contributed by atoms with Crippen LogP contribution in [0, 0.1) is 6.92 Å². The molecule has 0 atom stereocenters. The van der Waals surface area contributed by atoms with Crippen molar-refractivity contribution in [1.29, 1.82) is 0 Å². The van der Waals surface area contributed by atoms with Crippen molar-refractivity contribution in [1.82, 2.24) is 9.55 Å². The minimum Gasteiger partial charge on any atom is -0.331 e. The lowest BCUT2D eigenvalue weighted by Crippen LogP contribution is -1.93. The molecule has 2 heteroatoms. The second-order valence-corrected chi connectivity index (χ2v) is 2.69. The van der Waals surface area contributed by atoms with E-state index in [2.05, 4.69) is 16.1 Å². The Morgan fingerprint density at radius 1 is 1.50 bits per heavy atom. The van der Waals surface area contributed by atoms with Gasteiger partial charge in [-0.3, -0.25) is 0 Å². The third-order valence-electron chi connectivity index (χ3n) is 1.91. The standard InChI is InChI=1S/C10H14N2/c1-5-7-10-9(6-2)11-8(3)12(10)4/h5-7H,2H2,1,3-4H3/b7-5-. The Kier molecular flexibility index (Phi) is 2.48. The first-order valence-electron chi connectivity index (χ1n) is 3.99. The van der Waals surface area contributed by atoms with Gasteiger partial charge in [0, 0.05) is 7.05 Å². The summed E-state index contributed by atoms with van der Waals surface area (Å²) in [6.45, 7) is 7.70. The molecule has 0 fully saturated rings. The van der Waals surface area contributed by atoms with Crippen LogP contribution in [-0.4, -0.2) is 9.55 Å². The van der Waals surface area contributed by atoms with Crippen molar-refractivity contribution in [3.63, 3.8) is 0 Å². The van der Waals surface area contributed by atoms with Gasteiger partial charge in [0.2, 0.25) is 0 Å². The molecule has 0 aliphatic heterocycles. The van der Waals surface area contributed by atoms with Crippen LogP contribution in [0.25, 0.3) is 12.2 Å². The molecule has 1 aromatic rings. The summed E-state index contributed by atoms with van der Waals surface area (Å²) in [5.74, 6) is 1.01. The maximum atomic E-state index is 4.34. The number of allylic oxidation sites excluding steroid dienone is 1. The highest BCUT2D eigenvalue weighted by atomic mass is 15.1. The molecule has 64 valence electrons. The molecule has 1 aromatic heterocycles. The monoisotopic (exact) mass is 162 g/mol. The van der Waals surface area contributed by atoms with E-state index in [1.165, 1.54) is 0 Å². The Labute approximate surface area is 73.2 Å². The number of hydrogen-bond acceptors (Lipinski definition) is 1. The number of nitrogens with zero attached hydrogens (tertiary/aromatic N) is 2. The third kappa shape index (κ3) is 1.33. The average Bonchev–Trinajstić information content (AvgIpc) is 2.33. The topological polar surface area (TPSA) is 17.8 Å². The van der Waals surface area contributed by atoms with Gasteiger partial charge < -0.3 is 4.57 Å². The molecular formula is C10H14N2. The van der Waals surface area contributed by atoms with Crippen molar-refractivity contribution in [3.05, 3.63) is 29.9 Å². The van der Waals surface area contributed by atoms with Crippen molar-refractivity contribution >= 4 is 12.2 Å². The van der Waals surface area contributed by atoms with E-state index in [1.54, 1.807) is 6.08 Å². The molecule has 12 heavy (non-hydrogen) atoms. The number of imidazole rings is 1. The highest BCUT2D eigenvalue weighted by Crippen LogP contribution is 2.12.